The van der Waals surface area contributed by atoms with E-state index in [0.717, 1.165) is 11.1 Å². The zero-order chi connectivity index (χ0) is 27.7. The normalized spacial score (nSPS) is 12.7. The zero-order valence-corrected chi connectivity index (χ0v) is 22.7. The molecular weight excluding hydrogens is 486 g/mol. The van der Waals surface area contributed by atoms with Crippen molar-refractivity contribution in [2.24, 2.45) is 4.99 Å². The van der Waals surface area contributed by atoms with Gasteiger partial charge in [0.05, 0.1) is 12.3 Å². The summed E-state index contributed by atoms with van der Waals surface area (Å²) in [5.41, 5.74) is 1.96. The van der Waals surface area contributed by atoms with Crippen LogP contribution in [0.15, 0.2) is 53.5 Å². The number of carbonyl (C=O) groups is 3. The lowest BCUT2D eigenvalue weighted by Gasteiger charge is -2.31. The number of benzene rings is 2. The first kappa shape index (κ1) is 28.5. The molecule has 204 valence electrons. The molecule has 3 amide bonds. The molecule has 0 bridgehead atoms. The van der Waals surface area contributed by atoms with Crippen molar-refractivity contribution in [3.8, 4) is 5.75 Å². The third kappa shape index (κ3) is 9.10. The van der Waals surface area contributed by atoms with E-state index in [0.29, 0.717) is 37.4 Å². The van der Waals surface area contributed by atoms with Crippen molar-refractivity contribution in [3.63, 3.8) is 0 Å². The third-order valence-corrected chi connectivity index (χ3v) is 5.52. The number of aliphatic imine (C=N–C) groups is 1. The van der Waals surface area contributed by atoms with E-state index < -0.39 is 11.6 Å². The van der Waals surface area contributed by atoms with E-state index in [1.54, 1.807) is 36.0 Å². The molecule has 2 aromatic carbocycles. The van der Waals surface area contributed by atoms with Crippen LogP contribution in [0.25, 0.3) is 0 Å². The van der Waals surface area contributed by atoms with Crippen molar-refractivity contribution in [2.45, 2.75) is 52.3 Å². The highest BCUT2D eigenvalue weighted by Crippen LogP contribution is 2.29. The first-order chi connectivity index (χ1) is 18.0. The molecule has 38 heavy (non-hydrogen) atoms. The van der Waals surface area contributed by atoms with Gasteiger partial charge < -0.3 is 24.6 Å². The fourth-order valence-electron chi connectivity index (χ4n) is 3.71. The van der Waals surface area contributed by atoms with Crippen LogP contribution in [-0.2, 0) is 27.5 Å². The molecule has 10 nitrogen and oxygen atoms in total. The van der Waals surface area contributed by atoms with Gasteiger partial charge in [-0.15, -0.1) is 0 Å². The van der Waals surface area contributed by atoms with E-state index in [9.17, 15) is 14.4 Å². The molecule has 0 spiro atoms. The Labute approximate surface area is 224 Å². The summed E-state index contributed by atoms with van der Waals surface area (Å²) in [5, 5.41) is 5.63. The van der Waals surface area contributed by atoms with Crippen molar-refractivity contribution < 1.29 is 23.9 Å². The molecule has 0 saturated carbocycles. The van der Waals surface area contributed by atoms with Crippen LogP contribution in [-0.4, -0.2) is 66.5 Å². The van der Waals surface area contributed by atoms with Gasteiger partial charge in [0, 0.05) is 38.2 Å². The van der Waals surface area contributed by atoms with Gasteiger partial charge in [0.25, 0.3) is 0 Å². The van der Waals surface area contributed by atoms with Gasteiger partial charge in [-0.25, -0.2) is 9.79 Å². The molecule has 10 heteroatoms. The summed E-state index contributed by atoms with van der Waals surface area (Å²) in [7, 11) is 3.46. The number of amides is 3. The minimum absolute atomic E-state index is 0.00770. The summed E-state index contributed by atoms with van der Waals surface area (Å²) in [6.45, 7) is 6.55. The van der Waals surface area contributed by atoms with Crippen LogP contribution in [0.3, 0.4) is 0 Å². The Morgan fingerprint density at radius 1 is 1.08 bits per heavy atom. The number of carbonyl (C=O) groups excluding carboxylic acids is 3. The average Bonchev–Trinajstić information content (AvgIpc) is 2.85. The van der Waals surface area contributed by atoms with Gasteiger partial charge in [-0.2, -0.15) is 0 Å². The van der Waals surface area contributed by atoms with E-state index in [-0.39, 0.29) is 30.9 Å². The van der Waals surface area contributed by atoms with Crippen LogP contribution in [0.5, 0.6) is 5.75 Å². The van der Waals surface area contributed by atoms with Gasteiger partial charge in [0.15, 0.2) is 0 Å². The van der Waals surface area contributed by atoms with Gasteiger partial charge in [-0.05, 0) is 51.0 Å². The van der Waals surface area contributed by atoms with Crippen LogP contribution in [0, 0.1) is 0 Å². The van der Waals surface area contributed by atoms with Crippen molar-refractivity contribution in [2.75, 3.05) is 27.2 Å². The topological polar surface area (TPSA) is 113 Å². The standard InChI is InChI=1S/C28H37N5O5/c1-28(2,3)31-24(34)18-33-17-21-16-22(37-15-9-12-25(35)32(4)5)13-14-23(21)29-26(33)30-27(36)38-19-20-10-7-6-8-11-20/h6-8,10-11,13-14,16H,9,12,15,17-19H2,1-5H3,(H,31,34)(H,29,30,36). The highest BCUT2D eigenvalue weighted by molar-refractivity contribution is 5.98. The lowest BCUT2D eigenvalue weighted by Crippen LogP contribution is -2.51. The smallest absolute Gasteiger partial charge is 0.414 e. The number of rotatable bonds is 9. The molecule has 3 rings (SSSR count). The van der Waals surface area contributed by atoms with Gasteiger partial charge in [-0.3, -0.25) is 14.9 Å². The van der Waals surface area contributed by atoms with Crippen LogP contribution < -0.4 is 15.4 Å². The number of alkyl carbamates (subject to hydrolysis) is 1. The van der Waals surface area contributed by atoms with E-state index >= 15 is 0 Å². The third-order valence-electron chi connectivity index (χ3n) is 5.52. The molecule has 0 unspecified atom stereocenters. The monoisotopic (exact) mass is 523 g/mol. The van der Waals surface area contributed by atoms with Crippen molar-refractivity contribution in [3.05, 3.63) is 59.7 Å². The van der Waals surface area contributed by atoms with Gasteiger partial charge in [-0.1, -0.05) is 30.3 Å². The number of ether oxygens (including phenoxy) is 2. The molecule has 0 aliphatic carbocycles. The SMILES string of the molecule is CN(C)C(=O)CCCOc1ccc2c(c1)CN(CC(=O)NC(C)(C)C)C(NC(=O)OCc1ccccc1)=N2. The Bertz CT molecular complexity index is 1160. The summed E-state index contributed by atoms with van der Waals surface area (Å²) in [5.74, 6) is 0.732. The Morgan fingerprint density at radius 3 is 2.50 bits per heavy atom. The minimum atomic E-state index is -0.662. The highest BCUT2D eigenvalue weighted by Gasteiger charge is 2.26. The first-order valence-corrected chi connectivity index (χ1v) is 12.6. The molecule has 0 fully saturated rings. The summed E-state index contributed by atoms with van der Waals surface area (Å²) >= 11 is 0. The lowest BCUT2D eigenvalue weighted by molar-refractivity contribution is -0.129. The van der Waals surface area contributed by atoms with Crippen molar-refractivity contribution in [1.82, 2.24) is 20.4 Å². The molecule has 0 atom stereocenters. The first-order valence-electron chi connectivity index (χ1n) is 12.6. The number of fused-ring (bicyclic) bond motifs is 1. The molecule has 1 heterocycles. The van der Waals surface area contributed by atoms with E-state index in [4.69, 9.17) is 9.47 Å². The van der Waals surface area contributed by atoms with Crippen molar-refractivity contribution in [1.29, 1.82) is 0 Å². The molecule has 0 saturated heterocycles. The second kappa shape index (κ2) is 12.9. The molecule has 0 radical (unpaired) electrons. The Kier molecular flexibility index (Phi) is 9.70. The zero-order valence-electron chi connectivity index (χ0n) is 22.7. The van der Waals surface area contributed by atoms with Crippen molar-refractivity contribution >= 4 is 29.6 Å². The quantitative estimate of drug-likeness (QED) is 0.486. The maximum absolute atomic E-state index is 12.7. The highest BCUT2D eigenvalue weighted by atomic mass is 16.5. The lowest BCUT2D eigenvalue weighted by atomic mass is 10.1. The largest absolute Gasteiger partial charge is 0.494 e. The molecule has 2 N–H and O–H groups in total. The molecular formula is C28H37N5O5. The molecule has 1 aliphatic heterocycles. The number of nitrogens with one attached hydrogen (secondary N) is 2. The second-order valence-electron chi connectivity index (χ2n) is 10.3. The molecule has 2 aromatic rings. The fourth-order valence-corrected chi connectivity index (χ4v) is 3.71. The van der Waals surface area contributed by atoms with Gasteiger partial charge >= 0.3 is 6.09 Å². The predicted octanol–water partition coefficient (Wildman–Crippen LogP) is 3.58. The number of nitrogens with zero attached hydrogens (tertiary/aromatic N) is 3. The van der Waals surface area contributed by atoms with Crippen LogP contribution >= 0.6 is 0 Å². The van der Waals surface area contributed by atoms with Crippen LogP contribution in [0.1, 0.15) is 44.7 Å². The van der Waals surface area contributed by atoms with Crippen LogP contribution in [0.4, 0.5) is 10.5 Å². The number of hydrogen-bond acceptors (Lipinski definition) is 7. The Morgan fingerprint density at radius 2 is 1.82 bits per heavy atom. The fraction of sp³-hybridized carbons (Fsp3) is 0.429. The summed E-state index contributed by atoms with van der Waals surface area (Å²) in [4.78, 5) is 44.9. The Hall–Kier alpha value is -4.08. The second-order valence-corrected chi connectivity index (χ2v) is 10.3. The summed E-state index contributed by atoms with van der Waals surface area (Å²) < 4.78 is 11.2. The van der Waals surface area contributed by atoms with E-state index in [1.807, 2.05) is 57.2 Å². The maximum Gasteiger partial charge on any atom is 0.414 e. The minimum Gasteiger partial charge on any atom is -0.494 e. The van der Waals surface area contributed by atoms with Crippen LogP contribution in [0.2, 0.25) is 0 Å². The Balaban J connectivity index is 1.70. The van der Waals surface area contributed by atoms with E-state index in [1.165, 1.54) is 0 Å². The molecule has 0 aromatic heterocycles. The van der Waals surface area contributed by atoms with E-state index in [2.05, 4.69) is 15.6 Å². The number of guanidine groups is 1. The van der Waals surface area contributed by atoms with Gasteiger partial charge in [0.2, 0.25) is 17.8 Å². The predicted molar refractivity (Wildman–Crippen MR) is 145 cm³/mol. The average molecular weight is 524 g/mol. The van der Waals surface area contributed by atoms with Gasteiger partial charge in [0.1, 0.15) is 18.9 Å². The summed E-state index contributed by atoms with van der Waals surface area (Å²) in [6, 6.07) is 14.8. The number of hydrogen-bond donors (Lipinski definition) is 2. The summed E-state index contributed by atoms with van der Waals surface area (Å²) in [6.07, 6.45) is 0.350. The molecule has 1 aliphatic rings. The maximum atomic E-state index is 12.7.